The Morgan fingerprint density at radius 3 is 2.38 bits per heavy atom. The smallest absolute Gasteiger partial charge is 0.230 e. The summed E-state index contributed by atoms with van der Waals surface area (Å²) >= 11 is 5.95. The van der Waals surface area contributed by atoms with E-state index in [0.29, 0.717) is 11.6 Å². The first-order valence-corrected chi connectivity index (χ1v) is 8.57. The van der Waals surface area contributed by atoms with Gasteiger partial charge in [-0.15, -0.1) is 0 Å². The van der Waals surface area contributed by atoms with Crippen molar-refractivity contribution in [2.24, 2.45) is 0 Å². The topological polar surface area (TPSA) is 29.1 Å². The van der Waals surface area contributed by atoms with Crippen LogP contribution in [0.2, 0.25) is 5.02 Å². The van der Waals surface area contributed by atoms with Crippen molar-refractivity contribution in [1.29, 1.82) is 0 Å². The third-order valence-corrected chi connectivity index (χ3v) is 5.10. The van der Waals surface area contributed by atoms with Gasteiger partial charge in [-0.3, -0.25) is 4.79 Å². The molecule has 0 spiro atoms. The summed E-state index contributed by atoms with van der Waals surface area (Å²) in [4.78, 5) is 12.7. The number of rotatable bonds is 4. The summed E-state index contributed by atoms with van der Waals surface area (Å²) in [5.74, 6) is 0.109. The summed E-state index contributed by atoms with van der Waals surface area (Å²) in [5, 5.41) is 6.22. The first kappa shape index (κ1) is 15.2. The molecule has 0 unspecified atom stereocenters. The lowest BCUT2D eigenvalue weighted by molar-refractivity contribution is -0.123. The van der Waals surface area contributed by atoms with Gasteiger partial charge >= 0.3 is 0 Å². The van der Waals surface area contributed by atoms with Gasteiger partial charge in [-0.25, -0.2) is 0 Å². The van der Waals surface area contributed by atoms with Gasteiger partial charge in [-0.2, -0.15) is 0 Å². The zero-order valence-corrected chi connectivity index (χ0v) is 14.0. The lowest BCUT2D eigenvalue weighted by Crippen LogP contribution is -2.34. The van der Waals surface area contributed by atoms with Gasteiger partial charge in [-0.05, 0) is 52.9 Å². The van der Waals surface area contributed by atoms with Crippen LogP contribution in [0, 0.1) is 0 Å². The Morgan fingerprint density at radius 2 is 1.67 bits per heavy atom. The normalized spacial score (nSPS) is 15.2. The fourth-order valence-electron chi connectivity index (χ4n) is 3.24. The number of fused-ring (bicyclic) bond motifs is 1. The van der Waals surface area contributed by atoms with Crippen LogP contribution in [0.5, 0.6) is 0 Å². The Labute approximate surface area is 146 Å². The first-order valence-electron chi connectivity index (χ1n) is 8.19. The van der Waals surface area contributed by atoms with Crippen LogP contribution in [-0.4, -0.2) is 5.91 Å². The number of benzene rings is 3. The second-order valence-electron chi connectivity index (χ2n) is 6.45. The van der Waals surface area contributed by atoms with Gasteiger partial charge in [-0.1, -0.05) is 60.1 Å². The molecule has 0 atom stereocenters. The summed E-state index contributed by atoms with van der Waals surface area (Å²) in [6, 6.07) is 22.2. The van der Waals surface area contributed by atoms with E-state index in [1.54, 1.807) is 0 Å². The molecule has 0 saturated heterocycles. The molecule has 0 radical (unpaired) electrons. The molecule has 1 fully saturated rings. The molecule has 1 amide bonds. The van der Waals surface area contributed by atoms with Crippen LogP contribution in [-0.2, 0) is 16.8 Å². The van der Waals surface area contributed by atoms with Crippen LogP contribution >= 0.6 is 11.6 Å². The summed E-state index contributed by atoms with van der Waals surface area (Å²) in [6.07, 6.45) is 1.80. The minimum atomic E-state index is -0.360. The molecule has 3 aromatic carbocycles. The minimum absolute atomic E-state index is 0.109. The fraction of sp³-hybridized carbons (Fsp3) is 0.190. The molecule has 0 aliphatic heterocycles. The molecule has 2 nitrogen and oxygen atoms in total. The number of carbonyl (C=O) groups is 1. The molecule has 1 N–H and O–H groups in total. The van der Waals surface area contributed by atoms with Crippen molar-refractivity contribution < 1.29 is 4.79 Å². The van der Waals surface area contributed by atoms with Crippen LogP contribution in [0.1, 0.15) is 24.0 Å². The molecule has 24 heavy (non-hydrogen) atoms. The number of hydrogen-bond acceptors (Lipinski definition) is 1. The number of amides is 1. The molecule has 3 aromatic rings. The van der Waals surface area contributed by atoms with Gasteiger partial charge in [0.2, 0.25) is 5.91 Å². The summed E-state index contributed by atoms with van der Waals surface area (Å²) < 4.78 is 0. The van der Waals surface area contributed by atoms with E-state index in [0.717, 1.165) is 24.0 Å². The maximum absolute atomic E-state index is 12.7. The quantitative estimate of drug-likeness (QED) is 0.726. The van der Waals surface area contributed by atoms with Gasteiger partial charge in [0, 0.05) is 11.6 Å². The van der Waals surface area contributed by atoms with Crippen LogP contribution in [0.15, 0.2) is 66.7 Å². The van der Waals surface area contributed by atoms with Crippen molar-refractivity contribution in [2.75, 3.05) is 0 Å². The van der Waals surface area contributed by atoms with Crippen LogP contribution in [0.4, 0.5) is 0 Å². The molecule has 1 aliphatic rings. The highest BCUT2D eigenvalue weighted by atomic mass is 35.5. The predicted octanol–water partition coefficient (Wildman–Crippen LogP) is 4.84. The summed E-state index contributed by atoms with van der Waals surface area (Å²) in [6.45, 7) is 0.555. The van der Waals surface area contributed by atoms with E-state index < -0.39 is 0 Å². The number of halogens is 1. The van der Waals surface area contributed by atoms with Crippen molar-refractivity contribution in [3.8, 4) is 0 Å². The summed E-state index contributed by atoms with van der Waals surface area (Å²) in [7, 11) is 0. The molecular formula is C21H18ClNO. The highest BCUT2D eigenvalue weighted by Gasteiger charge is 2.50. The Morgan fingerprint density at radius 1 is 0.958 bits per heavy atom. The van der Waals surface area contributed by atoms with E-state index in [9.17, 15) is 4.79 Å². The molecule has 4 rings (SSSR count). The van der Waals surface area contributed by atoms with Gasteiger partial charge in [0.05, 0.1) is 5.41 Å². The predicted molar refractivity (Wildman–Crippen MR) is 98.2 cm³/mol. The van der Waals surface area contributed by atoms with Crippen molar-refractivity contribution in [3.05, 3.63) is 82.9 Å². The lowest BCUT2D eigenvalue weighted by atomic mass is 9.95. The van der Waals surface area contributed by atoms with E-state index in [4.69, 9.17) is 11.6 Å². The van der Waals surface area contributed by atoms with Crippen LogP contribution in [0.3, 0.4) is 0 Å². The third kappa shape index (κ3) is 2.78. The fourth-order valence-corrected chi connectivity index (χ4v) is 3.37. The molecule has 0 heterocycles. The molecule has 120 valence electrons. The zero-order valence-electron chi connectivity index (χ0n) is 13.3. The van der Waals surface area contributed by atoms with Crippen molar-refractivity contribution in [1.82, 2.24) is 5.32 Å². The lowest BCUT2D eigenvalue weighted by Gasteiger charge is -2.16. The Bertz CT molecular complexity index is 897. The Balaban J connectivity index is 1.48. The largest absolute Gasteiger partial charge is 0.351 e. The maximum Gasteiger partial charge on any atom is 0.230 e. The second kappa shape index (κ2) is 5.95. The first-order chi connectivity index (χ1) is 11.7. The van der Waals surface area contributed by atoms with Gasteiger partial charge in [0.15, 0.2) is 0 Å². The van der Waals surface area contributed by atoms with Crippen molar-refractivity contribution >= 4 is 28.3 Å². The second-order valence-corrected chi connectivity index (χ2v) is 6.89. The highest BCUT2D eigenvalue weighted by molar-refractivity contribution is 6.30. The SMILES string of the molecule is O=C(NCc1ccc2ccccc2c1)C1(c2ccc(Cl)cc2)CC1. The van der Waals surface area contributed by atoms with Gasteiger partial charge in [0.25, 0.3) is 0 Å². The average molecular weight is 336 g/mol. The number of hydrogen-bond donors (Lipinski definition) is 1. The number of carbonyl (C=O) groups excluding carboxylic acids is 1. The number of nitrogens with one attached hydrogen (secondary N) is 1. The molecule has 3 heteroatoms. The van der Waals surface area contributed by atoms with E-state index in [1.165, 1.54) is 10.8 Å². The molecule has 1 saturated carbocycles. The zero-order chi connectivity index (χ0) is 16.6. The standard InChI is InChI=1S/C21H18ClNO/c22-19-9-7-18(8-10-19)21(11-12-21)20(24)23-14-15-5-6-16-3-1-2-4-17(16)13-15/h1-10,13H,11-12,14H2,(H,23,24). The molecule has 1 aliphatic carbocycles. The van der Waals surface area contributed by atoms with E-state index in [2.05, 4.69) is 35.6 Å². The Kier molecular flexibility index (Phi) is 3.78. The van der Waals surface area contributed by atoms with E-state index in [1.807, 2.05) is 36.4 Å². The van der Waals surface area contributed by atoms with Crippen molar-refractivity contribution in [2.45, 2.75) is 24.8 Å². The van der Waals surface area contributed by atoms with Crippen LogP contribution < -0.4 is 5.32 Å². The molecule has 0 bridgehead atoms. The van der Waals surface area contributed by atoms with Crippen molar-refractivity contribution in [3.63, 3.8) is 0 Å². The molecule has 0 aromatic heterocycles. The Hall–Kier alpha value is -2.32. The molecular weight excluding hydrogens is 318 g/mol. The maximum atomic E-state index is 12.7. The van der Waals surface area contributed by atoms with E-state index >= 15 is 0 Å². The van der Waals surface area contributed by atoms with Crippen LogP contribution in [0.25, 0.3) is 10.8 Å². The van der Waals surface area contributed by atoms with Gasteiger partial charge < -0.3 is 5.32 Å². The monoisotopic (exact) mass is 335 g/mol. The van der Waals surface area contributed by atoms with E-state index in [-0.39, 0.29) is 11.3 Å². The highest BCUT2D eigenvalue weighted by Crippen LogP contribution is 2.48. The van der Waals surface area contributed by atoms with Gasteiger partial charge in [0.1, 0.15) is 0 Å². The third-order valence-electron chi connectivity index (χ3n) is 4.85. The minimum Gasteiger partial charge on any atom is -0.351 e. The summed E-state index contributed by atoms with van der Waals surface area (Å²) in [5.41, 5.74) is 1.82. The average Bonchev–Trinajstić information content (AvgIpc) is 3.42.